The first-order valence-electron chi connectivity index (χ1n) is 9.11. The molecule has 2 aromatic rings. The molecular weight excluding hydrogens is 318 g/mol. The Bertz CT molecular complexity index is 856. The summed E-state index contributed by atoms with van der Waals surface area (Å²) in [6.45, 7) is 1.98. The second-order valence-corrected chi connectivity index (χ2v) is 7.24. The van der Waals surface area contributed by atoms with E-state index in [4.69, 9.17) is 9.15 Å². The molecule has 0 spiro atoms. The van der Waals surface area contributed by atoms with Gasteiger partial charge in [0.2, 0.25) is 0 Å². The summed E-state index contributed by atoms with van der Waals surface area (Å²) < 4.78 is 10.9. The Hall–Kier alpha value is -2.30. The molecule has 4 rings (SSSR count). The quantitative estimate of drug-likeness (QED) is 0.849. The highest BCUT2D eigenvalue weighted by Gasteiger charge is 2.40. The maximum atomic E-state index is 12.2. The van der Waals surface area contributed by atoms with Crippen molar-refractivity contribution in [1.29, 1.82) is 0 Å². The van der Waals surface area contributed by atoms with Gasteiger partial charge in [0.25, 0.3) is 5.91 Å². The van der Waals surface area contributed by atoms with Gasteiger partial charge in [-0.1, -0.05) is 13.3 Å². The summed E-state index contributed by atoms with van der Waals surface area (Å²) in [5, 5.41) is 4.01. The SMILES string of the molecule is CCc1cc(=O)oc2cc(OCC(=O)N[C@@H]3C[C@@H]4CC[C@H]3C4)ccc12. The first kappa shape index (κ1) is 16.2. The fourth-order valence-corrected chi connectivity index (χ4v) is 4.41. The number of rotatable bonds is 5. The molecule has 1 aromatic carbocycles. The van der Waals surface area contributed by atoms with Crippen molar-refractivity contribution in [3.63, 3.8) is 0 Å². The molecule has 3 atom stereocenters. The summed E-state index contributed by atoms with van der Waals surface area (Å²) in [4.78, 5) is 23.8. The zero-order valence-electron chi connectivity index (χ0n) is 14.4. The van der Waals surface area contributed by atoms with Gasteiger partial charge < -0.3 is 14.5 Å². The van der Waals surface area contributed by atoms with Gasteiger partial charge in [0.05, 0.1) is 0 Å². The normalized spacial score (nSPS) is 24.6. The van der Waals surface area contributed by atoms with Gasteiger partial charge in [0.1, 0.15) is 11.3 Å². The summed E-state index contributed by atoms with van der Waals surface area (Å²) in [5.41, 5.74) is 1.08. The standard InChI is InChI=1S/C20H23NO4/c1-2-13-9-20(23)25-18-10-15(5-6-16(13)18)24-11-19(22)21-17-8-12-3-4-14(17)7-12/h5-6,9-10,12,14,17H,2-4,7-8,11H2,1H3,(H,21,22)/t12-,14+,17-/m1/s1. The third-order valence-corrected chi connectivity index (χ3v) is 5.64. The molecule has 1 heterocycles. The van der Waals surface area contributed by atoms with Crippen LogP contribution in [0, 0.1) is 11.8 Å². The third kappa shape index (κ3) is 3.28. The molecule has 1 amide bonds. The minimum Gasteiger partial charge on any atom is -0.484 e. The van der Waals surface area contributed by atoms with Crippen molar-refractivity contribution in [1.82, 2.24) is 5.32 Å². The monoisotopic (exact) mass is 341 g/mol. The van der Waals surface area contributed by atoms with E-state index >= 15 is 0 Å². The topological polar surface area (TPSA) is 68.5 Å². The molecule has 0 radical (unpaired) electrons. The molecule has 5 heteroatoms. The average molecular weight is 341 g/mol. The van der Waals surface area contributed by atoms with E-state index in [-0.39, 0.29) is 18.1 Å². The summed E-state index contributed by atoms with van der Waals surface area (Å²) in [7, 11) is 0. The van der Waals surface area contributed by atoms with Gasteiger partial charge in [-0.25, -0.2) is 4.79 Å². The number of hydrogen-bond acceptors (Lipinski definition) is 4. The Balaban J connectivity index is 1.40. The van der Waals surface area contributed by atoms with E-state index in [9.17, 15) is 9.59 Å². The van der Waals surface area contributed by atoms with Crippen molar-refractivity contribution >= 4 is 16.9 Å². The molecule has 1 aromatic heterocycles. The summed E-state index contributed by atoms with van der Waals surface area (Å²) in [6, 6.07) is 7.20. The van der Waals surface area contributed by atoms with Gasteiger partial charge in [0, 0.05) is 23.6 Å². The predicted molar refractivity (Wildman–Crippen MR) is 94.7 cm³/mol. The smallest absolute Gasteiger partial charge is 0.336 e. The van der Waals surface area contributed by atoms with Crippen molar-refractivity contribution < 1.29 is 13.9 Å². The number of nitrogens with one attached hydrogen (secondary N) is 1. The Kier molecular flexibility index (Phi) is 4.24. The molecule has 1 N–H and O–H groups in total. The van der Waals surface area contributed by atoms with Gasteiger partial charge in [-0.15, -0.1) is 0 Å². The van der Waals surface area contributed by atoms with Crippen LogP contribution in [-0.4, -0.2) is 18.6 Å². The van der Waals surface area contributed by atoms with E-state index in [2.05, 4.69) is 5.32 Å². The molecule has 0 saturated heterocycles. The van der Waals surface area contributed by atoms with Gasteiger partial charge >= 0.3 is 5.63 Å². The van der Waals surface area contributed by atoms with Crippen LogP contribution < -0.4 is 15.7 Å². The summed E-state index contributed by atoms with van der Waals surface area (Å²) in [5.74, 6) is 1.90. The second kappa shape index (κ2) is 6.54. The van der Waals surface area contributed by atoms with E-state index < -0.39 is 0 Å². The van der Waals surface area contributed by atoms with Gasteiger partial charge in [-0.05, 0) is 55.2 Å². The van der Waals surface area contributed by atoms with Crippen molar-refractivity contribution in [3.05, 3.63) is 40.2 Å². The van der Waals surface area contributed by atoms with Crippen LogP contribution in [0.1, 0.15) is 38.2 Å². The number of carbonyl (C=O) groups is 1. The maximum Gasteiger partial charge on any atom is 0.336 e. The van der Waals surface area contributed by atoms with Crippen LogP contribution in [0.3, 0.4) is 0 Å². The predicted octanol–water partition coefficient (Wildman–Crippen LogP) is 3.04. The van der Waals surface area contributed by atoms with Gasteiger partial charge in [-0.3, -0.25) is 4.79 Å². The lowest BCUT2D eigenvalue weighted by Crippen LogP contribution is -2.40. The highest BCUT2D eigenvalue weighted by Crippen LogP contribution is 2.44. The van der Waals surface area contributed by atoms with Crippen LogP contribution in [0.15, 0.2) is 33.5 Å². The minimum atomic E-state index is -0.365. The Morgan fingerprint density at radius 2 is 2.16 bits per heavy atom. The molecule has 2 saturated carbocycles. The number of benzene rings is 1. The average Bonchev–Trinajstić information content (AvgIpc) is 3.21. The minimum absolute atomic E-state index is 0.0168. The van der Waals surface area contributed by atoms with Gasteiger partial charge in [0.15, 0.2) is 6.61 Å². The van der Waals surface area contributed by atoms with Gasteiger partial charge in [-0.2, -0.15) is 0 Å². The van der Waals surface area contributed by atoms with Crippen LogP contribution in [0.25, 0.3) is 11.0 Å². The maximum absolute atomic E-state index is 12.2. The number of hydrogen-bond donors (Lipinski definition) is 1. The van der Waals surface area contributed by atoms with E-state index in [1.165, 1.54) is 25.3 Å². The second-order valence-electron chi connectivity index (χ2n) is 7.24. The number of fused-ring (bicyclic) bond motifs is 3. The molecule has 2 fully saturated rings. The van der Waals surface area contributed by atoms with Crippen LogP contribution in [-0.2, 0) is 11.2 Å². The lowest BCUT2D eigenvalue weighted by Gasteiger charge is -2.22. The fraction of sp³-hybridized carbons (Fsp3) is 0.500. The highest BCUT2D eigenvalue weighted by atomic mass is 16.5. The molecule has 25 heavy (non-hydrogen) atoms. The largest absolute Gasteiger partial charge is 0.484 e. The first-order chi connectivity index (χ1) is 12.1. The van der Waals surface area contributed by atoms with Crippen molar-refractivity contribution in [2.45, 2.75) is 45.1 Å². The Morgan fingerprint density at radius 3 is 2.88 bits per heavy atom. The molecular formula is C20H23NO4. The number of carbonyl (C=O) groups excluding carboxylic acids is 1. The van der Waals surface area contributed by atoms with E-state index in [0.717, 1.165) is 29.7 Å². The van der Waals surface area contributed by atoms with Crippen LogP contribution in [0.5, 0.6) is 5.75 Å². The zero-order chi connectivity index (χ0) is 17.4. The molecule has 2 aliphatic carbocycles. The molecule has 2 bridgehead atoms. The number of ether oxygens (including phenoxy) is 1. The first-order valence-corrected chi connectivity index (χ1v) is 9.11. The summed E-state index contributed by atoms with van der Waals surface area (Å²) in [6.07, 6.45) is 5.68. The van der Waals surface area contributed by atoms with Crippen molar-refractivity contribution in [2.75, 3.05) is 6.61 Å². The van der Waals surface area contributed by atoms with E-state index in [0.29, 0.717) is 23.3 Å². The van der Waals surface area contributed by atoms with Crippen LogP contribution >= 0.6 is 0 Å². The zero-order valence-corrected chi connectivity index (χ0v) is 14.4. The van der Waals surface area contributed by atoms with Crippen LogP contribution in [0.4, 0.5) is 0 Å². The summed E-state index contributed by atoms with van der Waals surface area (Å²) >= 11 is 0. The Labute approximate surface area is 146 Å². The Morgan fingerprint density at radius 1 is 1.28 bits per heavy atom. The molecule has 2 aliphatic rings. The molecule has 0 unspecified atom stereocenters. The number of aryl methyl sites for hydroxylation is 1. The number of amides is 1. The lowest BCUT2D eigenvalue weighted by molar-refractivity contribution is -0.124. The highest BCUT2D eigenvalue weighted by molar-refractivity contribution is 5.82. The van der Waals surface area contributed by atoms with E-state index in [1.807, 2.05) is 19.1 Å². The fourth-order valence-electron chi connectivity index (χ4n) is 4.41. The lowest BCUT2D eigenvalue weighted by atomic mass is 9.95. The van der Waals surface area contributed by atoms with Crippen molar-refractivity contribution in [3.8, 4) is 5.75 Å². The van der Waals surface area contributed by atoms with E-state index in [1.54, 1.807) is 6.07 Å². The molecule has 0 aliphatic heterocycles. The van der Waals surface area contributed by atoms with Crippen LogP contribution in [0.2, 0.25) is 0 Å². The third-order valence-electron chi connectivity index (χ3n) is 5.64. The molecule has 132 valence electrons. The molecule has 5 nitrogen and oxygen atoms in total. The van der Waals surface area contributed by atoms with Crippen molar-refractivity contribution in [2.24, 2.45) is 11.8 Å².